The van der Waals surface area contributed by atoms with Crippen molar-refractivity contribution in [3.05, 3.63) is 58.5 Å². The van der Waals surface area contributed by atoms with E-state index in [4.69, 9.17) is 0 Å². The molecule has 0 bridgehead atoms. The molecule has 0 saturated heterocycles. The van der Waals surface area contributed by atoms with E-state index in [-0.39, 0.29) is 11.8 Å². The van der Waals surface area contributed by atoms with Crippen LogP contribution in [0.25, 0.3) is 31.9 Å². The van der Waals surface area contributed by atoms with Gasteiger partial charge in [0.25, 0.3) is 11.8 Å². The first-order valence-electron chi connectivity index (χ1n) is 7.50. The SMILES string of the molecule is O=C1NC(=O)c2c1c(-c1cccs1)c1nccnc1c2-c1cccs1. The molecule has 0 saturated carbocycles. The number of aromatic nitrogens is 2. The summed E-state index contributed by atoms with van der Waals surface area (Å²) in [5.74, 6) is -0.762. The molecule has 1 aromatic carbocycles. The molecular formula is C18H9N3O2S2. The minimum Gasteiger partial charge on any atom is -0.288 e. The van der Waals surface area contributed by atoms with Crippen molar-refractivity contribution in [2.75, 3.05) is 0 Å². The summed E-state index contributed by atoms with van der Waals surface area (Å²) in [5.41, 5.74) is 3.41. The number of carbonyl (C=O) groups is 2. The minimum absolute atomic E-state index is 0.381. The Bertz CT molecular complexity index is 1060. The Labute approximate surface area is 150 Å². The van der Waals surface area contributed by atoms with Crippen LogP contribution in [-0.2, 0) is 0 Å². The van der Waals surface area contributed by atoms with Crippen LogP contribution >= 0.6 is 22.7 Å². The van der Waals surface area contributed by atoms with Crippen LogP contribution in [0.3, 0.4) is 0 Å². The number of rotatable bonds is 2. The summed E-state index contributed by atoms with van der Waals surface area (Å²) in [6, 6.07) is 7.68. The van der Waals surface area contributed by atoms with Gasteiger partial charge in [-0.3, -0.25) is 24.9 Å². The number of benzene rings is 1. The van der Waals surface area contributed by atoms with Gasteiger partial charge in [-0.25, -0.2) is 0 Å². The highest BCUT2D eigenvalue weighted by Gasteiger charge is 2.36. The fourth-order valence-electron chi connectivity index (χ4n) is 3.19. The normalized spacial score (nSPS) is 13.3. The predicted octanol–water partition coefficient (Wildman–Crippen LogP) is 3.97. The molecule has 5 rings (SSSR count). The summed E-state index contributed by atoms with van der Waals surface area (Å²) in [7, 11) is 0. The molecule has 1 aliphatic rings. The molecule has 0 radical (unpaired) electrons. The second-order valence-electron chi connectivity index (χ2n) is 5.49. The lowest BCUT2D eigenvalue weighted by Crippen LogP contribution is -2.20. The van der Waals surface area contributed by atoms with Crippen molar-refractivity contribution >= 4 is 45.5 Å². The summed E-state index contributed by atoms with van der Waals surface area (Å²) in [4.78, 5) is 36.0. The van der Waals surface area contributed by atoms with Crippen molar-refractivity contribution in [1.82, 2.24) is 15.3 Å². The quantitative estimate of drug-likeness (QED) is 0.547. The van der Waals surface area contributed by atoms with Crippen LogP contribution in [0.5, 0.6) is 0 Å². The van der Waals surface area contributed by atoms with Gasteiger partial charge in [-0.15, -0.1) is 22.7 Å². The van der Waals surface area contributed by atoms with Crippen molar-refractivity contribution in [3.63, 3.8) is 0 Å². The molecule has 1 aliphatic heterocycles. The first-order chi connectivity index (χ1) is 12.3. The molecule has 0 atom stereocenters. The van der Waals surface area contributed by atoms with Gasteiger partial charge in [-0.1, -0.05) is 12.1 Å². The Morgan fingerprint density at radius 2 is 1.20 bits per heavy atom. The third-order valence-electron chi connectivity index (χ3n) is 4.14. The average Bonchev–Trinajstić information content (AvgIpc) is 3.36. The fraction of sp³-hybridized carbons (Fsp3) is 0. The minimum atomic E-state index is -0.381. The molecule has 5 nitrogen and oxygen atoms in total. The van der Waals surface area contributed by atoms with Gasteiger partial charge in [0.1, 0.15) is 0 Å². The van der Waals surface area contributed by atoms with Gasteiger partial charge < -0.3 is 0 Å². The highest BCUT2D eigenvalue weighted by Crippen LogP contribution is 2.44. The Hall–Kier alpha value is -2.90. The molecular weight excluding hydrogens is 354 g/mol. The first kappa shape index (κ1) is 14.4. The Morgan fingerprint density at radius 1 is 0.720 bits per heavy atom. The highest BCUT2D eigenvalue weighted by atomic mass is 32.1. The first-order valence-corrected chi connectivity index (χ1v) is 9.25. The second-order valence-corrected chi connectivity index (χ2v) is 7.39. The molecule has 2 amide bonds. The fourth-order valence-corrected chi connectivity index (χ4v) is 4.75. The van der Waals surface area contributed by atoms with Crippen LogP contribution in [0, 0.1) is 0 Å². The van der Waals surface area contributed by atoms with Crippen LogP contribution < -0.4 is 5.32 Å². The zero-order chi connectivity index (χ0) is 17.0. The zero-order valence-electron chi connectivity index (χ0n) is 12.6. The maximum atomic E-state index is 12.6. The summed E-state index contributed by atoms with van der Waals surface area (Å²) < 4.78 is 0. The standard InChI is InChI=1S/C18H9N3O2S2/c22-17-13-11(9-3-1-7-24-9)15-16(20-6-5-19-15)12(10-4-2-8-25-10)14(13)18(23)21-17/h1-8H,(H,21,22,23). The molecule has 1 N–H and O–H groups in total. The lowest BCUT2D eigenvalue weighted by atomic mass is 9.93. The number of hydrogen-bond donors (Lipinski definition) is 1. The maximum absolute atomic E-state index is 12.6. The number of imide groups is 1. The number of fused-ring (bicyclic) bond motifs is 2. The van der Waals surface area contributed by atoms with E-state index in [1.165, 1.54) is 22.7 Å². The molecule has 4 aromatic rings. The van der Waals surface area contributed by atoms with E-state index in [2.05, 4.69) is 15.3 Å². The molecule has 0 spiro atoms. The summed E-state index contributed by atoms with van der Waals surface area (Å²) >= 11 is 3.01. The van der Waals surface area contributed by atoms with Crippen molar-refractivity contribution in [3.8, 4) is 20.9 Å². The summed E-state index contributed by atoms with van der Waals surface area (Å²) in [5, 5.41) is 6.31. The number of hydrogen-bond acceptors (Lipinski definition) is 6. The third kappa shape index (κ3) is 2.00. The number of amides is 2. The number of thiophene rings is 2. The summed E-state index contributed by atoms with van der Waals surface area (Å²) in [6.45, 7) is 0. The van der Waals surface area contributed by atoms with Gasteiger partial charge in [-0.05, 0) is 22.9 Å². The Morgan fingerprint density at radius 3 is 1.60 bits per heavy atom. The molecule has 3 aromatic heterocycles. The summed E-state index contributed by atoms with van der Waals surface area (Å²) in [6.07, 6.45) is 3.22. The lowest BCUT2D eigenvalue weighted by molar-refractivity contribution is 0.0880. The van der Waals surface area contributed by atoms with Crippen LogP contribution in [-0.4, -0.2) is 21.8 Å². The van der Waals surface area contributed by atoms with Crippen LogP contribution in [0.15, 0.2) is 47.4 Å². The van der Waals surface area contributed by atoms with E-state index in [9.17, 15) is 9.59 Å². The van der Waals surface area contributed by atoms with Gasteiger partial charge in [0, 0.05) is 33.3 Å². The van der Waals surface area contributed by atoms with Crippen molar-refractivity contribution in [2.24, 2.45) is 0 Å². The molecule has 7 heteroatoms. The monoisotopic (exact) mass is 363 g/mol. The van der Waals surface area contributed by atoms with Crippen molar-refractivity contribution in [1.29, 1.82) is 0 Å². The highest BCUT2D eigenvalue weighted by molar-refractivity contribution is 7.14. The van der Waals surface area contributed by atoms with E-state index >= 15 is 0 Å². The second kappa shape index (κ2) is 5.30. The predicted molar refractivity (Wildman–Crippen MR) is 98.0 cm³/mol. The smallest absolute Gasteiger partial charge is 0.259 e. The van der Waals surface area contributed by atoms with E-state index < -0.39 is 0 Å². The van der Waals surface area contributed by atoms with Crippen LogP contribution in [0.2, 0.25) is 0 Å². The average molecular weight is 363 g/mol. The van der Waals surface area contributed by atoms with E-state index in [1.54, 1.807) is 12.4 Å². The molecule has 0 unspecified atom stereocenters. The number of nitrogens with one attached hydrogen (secondary N) is 1. The molecule has 25 heavy (non-hydrogen) atoms. The van der Waals surface area contributed by atoms with Gasteiger partial charge >= 0.3 is 0 Å². The van der Waals surface area contributed by atoms with Gasteiger partial charge in [-0.2, -0.15) is 0 Å². The number of nitrogens with zero attached hydrogens (tertiary/aromatic N) is 2. The maximum Gasteiger partial charge on any atom is 0.259 e. The largest absolute Gasteiger partial charge is 0.288 e. The van der Waals surface area contributed by atoms with E-state index in [1.807, 2.05) is 35.0 Å². The van der Waals surface area contributed by atoms with Gasteiger partial charge in [0.15, 0.2) is 0 Å². The third-order valence-corrected chi connectivity index (χ3v) is 5.91. The number of carbonyl (C=O) groups excluding carboxylic acids is 2. The van der Waals surface area contributed by atoms with E-state index in [0.717, 1.165) is 9.75 Å². The van der Waals surface area contributed by atoms with Gasteiger partial charge in [0.05, 0.1) is 22.2 Å². The van der Waals surface area contributed by atoms with Crippen LogP contribution in [0.1, 0.15) is 20.7 Å². The Balaban J connectivity index is 2.04. The zero-order valence-corrected chi connectivity index (χ0v) is 14.3. The van der Waals surface area contributed by atoms with E-state index in [0.29, 0.717) is 33.3 Å². The van der Waals surface area contributed by atoms with Crippen molar-refractivity contribution in [2.45, 2.75) is 0 Å². The van der Waals surface area contributed by atoms with Gasteiger partial charge in [0.2, 0.25) is 0 Å². The van der Waals surface area contributed by atoms with Crippen molar-refractivity contribution < 1.29 is 9.59 Å². The van der Waals surface area contributed by atoms with Crippen LogP contribution in [0.4, 0.5) is 0 Å². The molecule has 0 fully saturated rings. The molecule has 0 aliphatic carbocycles. The molecule has 4 heterocycles. The topological polar surface area (TPSA) is 72.0 Å². The Kier molecular flexibility index (Phi) is 3.06. The lowest BCUT2D eigenvalue weighted by Gasteiger charge is -2.13. The molecule has 120 valence electrons.